The molecule has 2 heterocycles. The van der Waals surface area contributed by atoms with Crippen molar-refractivity contribution in [3.05, 3.63) is 0 Å². The second kappa shape index (κ2) is 3.33. The zero-order valence-corrected chi connectivity index (χ0v) is 7.30. The lowest BCUT2D eigenvalue weighted by atomic mass is 10.1. The fourth-order valence-corrected chi connectivity index (χ4v) is 1.50. The van der Waals surface area contributed by atoms with E-state index in [1.54, 1.807) is 0 Å². The summed E-state index contributed by atoms with van der Waals surface area (Å²) in [5.74, 6) is -0.0655. The van der Waals surface area contributed by atoms with E-state index in [-0.39, 0.29) is 23.9 Å². The van der Waals surface area contributed by atoms with Gasteiger partial charge in [0.1, 0.15) is 6.04 Å². The van der Waals surface area contributed by atoms with Crippen molar-refractivity contribution in [3.8, 4) is 0 Å². The number of carbonyl (C=O) groups is 2. The highest BCUT2D eigenvalue weighted by Crippen LogP contribution is 2.06. The Morgan fingerprint density at radius 3 is 2.69 bits per heavy atom. The third kappa shape index (κ3) is 1.80. The number of hydrogen-bond donors (Lipinski definition) is 3. The van der Waals surface area contributed by atoms with Crippen LogP contribution in [0.4, 0.5) is 0 Å². The van der Waals surface area contributed by atoms with Crippen LogP contribution in [0.5, 0.6) is 0 Å². The molecule has 3 N–H and O–H groups in total. The minimum atomic E-state index is -0.298. The maximum Gasteiger partial charge on any atom is 0.242 e. The first-order valence-corrected chi connectivity index (χ1v) is 4.56. The van der Waals surface area contributed by atoms with Crippen LogP contribution in [0.2, 0.25) is 0 Å². The molecule has 1 atom stereocenters. The summed E-state index contributed by atoms with van der Waals surface area (Å²) in [6.45, 7) is 1.68. The average molecular weight is 183 g/mol. The summed E-state index contributed by atoms with van der Waals surface area (Å²) in [5.41, 5.74) is 0. The van der Waals surface area contributed by atoms with Crippen molar-refractivity contribution in [2.75, 3.05) is 13.1 Å². The molecule has 0 bridgehead atoms. The van der Waals surface area contributed by atoms with Crippen molar-refractivity contribution in [1.29, 1.82) is 0 Å². The van der Waals surface area contributed by atoms with Crippen LogP contribution in [0.3, 0.4) is 0 Å². The van der Waals surface area contributed by atoms with Crippen molar-refractivity contribution in [3.63, 3.8) is 0 Å². The normalized spacial score (nSPS) is 28.0. The fourth-order valence-electron chi connectivity index (χ4n) is 1.50. The molecule has 5 heteroatoms. The third-order valence-corrected chi connectivity index (χ3v) is 2.44. The molecule has 0 aromatic rings. The van der Waals surface area contributed by atoms with Gasteiger partial charge in [0, 0.05) is 19.5 Å². The summed E-state index contributed by atoms with van der Waals surface area (Å²) in [7, 11) is 0. The van der Waals surface area contributed by atoms with Crippen molar-refractivity contribution >= 4 is 11.8 Å². The highest BCUT2D eigenvalue weighted by Gasteiger charge is 2.29. The van der Waals surface area contributed by atoms with E-state index in [1.807, 2.05) is 0 Å². The van der Waals surface area contributed by atoms with E-state index in [2.05, 4.69) is 16.0 Å². The molecule has 2 aliphatic heterocycles. The Bertz CT molecular complexity index is 238. The minimum absolute atomic E-state index is 0.0214. The minimum Gasteiger partial charge on any atom is -0.349 e. The SMILES string of the molecule is O=C1CC[C@@H](C(=O)NC2CNC2)N1. The third-order valence-electron chi connectivity index (χ3n) is 2.44. The fraction of sp³-hybridized carbons (Fsp3) is 0.750. The van der Waals surface area contributed by atoms with E-state index in [0.29, 0.717) is 12.8 Å². The molecule has 0 aromatic carbocycles. The number of hydrogen-bond acceptors (Lipinski definition) is 3. The molecule has 72 valence electrons. The molecule has 0 spiro atoms. The monoisotopic (exact) mass is 183 g/mol. The maximum absolute atomic E-state index is 11.4. The predicted octanol–water partition coefficient (Wildman–Crippen LogP) is -1.65. The Labute approximate surface area is 76.3 Å². The molecule has 2 aliphatic rings. The zero-order chi connectivity index (χ0) is 9.26. The first-order valence-electron chi connectivity index (χ1n) is 4.56. The Morgan fingerprint density at radius 1 is 1.46 bits per heavy atom. The Balaban J connectivity index is 1.79. The Kier molecular flexibility index (Phi) is 2.18. The van der Waals surface area contributed by atoms with Crippen LogP contribution in [-0.4, -0.2) is 37.0 Å². The standard InChI is InChI=1S/C8H13N3O2/c12-7-2-1-6(11-7)8(13)10-5-3-9-4-5/h5-6,9H,1-4H2,(H,10,13)(H,11,12)/t6-/m0/s1. The Hall–Kier alpha value is -1.10. The van der Waals surface area contributed by atoms with Gasteiger partial charge in [-0.05, 0) is 6.42 Å². The first-order chi connectivity index (χ1) is 6.25. The van der Waals surface area contributed by atoms with E-state index in [4.69, 9.17) is 0 Å². The largest absolute Gasteiger partial charge is 0.349 e. The van der Waals surface area contributed by atoms with Gasteiger partial charge in [0.2, 0.25) is 11.8 Å². The second-order valence-corrected chi connectivity index (χ2v) is 3.52. The van der Waals surface area contributed by atoms with Gasteiger partial charge in [0.15, 0.2) is 0 Å². The molecular weight excluding hydrogens is 170 g/mol. The lowest BCUT2D eigenvalue weighted by molar-refractivity contribution is -0.126. The number of rotatable bonds is 2. The molecule has 2 rings (SSSR count). The molecule has 0 saturated carbocycles. The van der Waals surface area contributed by atoms with Crippen molar-refractivity contribution in [2.24, 2.45) is 0 Å². The van der Waals surface area contributed by atoms with E-state index in [1.165, 1.54) is 0 Å². The second-order valence-electron chi connectivity index (χ2n) is 3.52. The first kappa shape index (κ1) is 8.50. The molecule has 13 heavy (non-hydrogen) atoms. The lowest BCUT2D eigenvalue weighted by Gasteiger charge is -2.28. The molecule has 2 amide bonds. The molecule has 0 radical (unpaired) electrons. The molecule has 0 aromatic heterocycles. The Morgan fingerprint density at radius 2 is 2.23 bits per heavy atom. The van der Waals surface area contributed by atoms with Gasteiger partial charge in [-0.1, -0.05) is 0 Å². The van der Waals surface area contributed by atoms with Gasteiger partial charge in [-0.2, -0.15) is 0 Å². The van der Waals surface area contributed by atoms with Crippen LogP contribution in [0.15, 0.2) is 0 Å². The van der Waals surface area contributed by atoms with E-state index in [9.17, 15) is 9.59 Å². The van der Waals surface area contributed by atoms with Gasteiger partial charge >= 0.3 is 0 Å². The molecule has 0 unspecified atom stereocenters. The zero-order valence-electron chi connectivity index (χ0n) is 7.30. The smallest absolute Gasteiger partial charge is 0.242 e. The summed E-state index contributed by atoms with van der Waals surface area (Å²) < 4.78 is 0. The van der Waals surface area contributed by atoms with Gasteiger partial charge < -0.3 is 16.0 Å². The maximum atomic E-state index is 11.4. The van der Waals surface area contributed by atoms with Crippen molar-refractivity contribution in [2.45, 2.75) is 24.9 Å². The summed E-state index contributed by atoms with van der Waals surface area (Å²) in [6, 6.07) is -0.0434. The van der Waals surface area contributed by atoms with Crippen LogP contribution in [0, 0.1) is 0 Å². The average Bonchev–Trinajstić information content (AvgIpc) is 2.44. The quantitative estimate of drug-likeness (QED) is 0.480. The predicted molar refractivity (Wildman–Crippen MR) is 46.0 cm³/mol. The molecule has 0 aliphatic carbocycles. The van der Waals surface area contributed by atoms with E-state index < -0.39 is 0 Å². The summed E-state index contributed by atoms with van der Waals surface area (Å²) in [5, 5.41) is 8.56. The van der Waals surface area contributed by atoms with Crippen LogP contribution in [0.1, 0.15) is 12.8 Å². The van der Waals surface area contributed by atoms with Crippen molar-refractivity contribution < 1.29 is 9.59 Å². The van der Waals surface area contributed by atoms with Gasteiger partial charge in [0.25, 0.3) is 0 Å². The van der Waals surface area contributed by atoms with Crippen LogP contribution >= 0.6 is 0 Å². The molecule has 5 nitrogen and oxygen atoms in total. The van der Waals surface area contributed by atoms with E-state index in [0.717, 1.165) is 13.1 Å². The van der Waals surface area contributed by atoms with Gasteiger partial charge in [-0.3, -0.25) is 9.59 Å². The number of carbonyl (C=O) groups excluding carboxylic acids is 2. The van der Waals surface area contributed by atoms with Gasteiger partial charge in [-0.15, -0.1) is 0 Å². The summed E-state index contributed by atoms with van der Waals surface area (Å²) in [4.78, 5) is 22.3. The topological polar surface area (TPSA) is 70.2 Å². The van der Waals surface area contributed by atoms with Crippen LogP contribution in [-0.2, 0) is 9.59 Å². The lowest BCUT2D eigenvalue weighted by Crippen LogP contribution is -2.59. The number of amides is 2. The summed E-state index contributed by atoms with van der Waals surface area (Å²) >= 11 is 0. The van der Waals surface area contributed by atoms with Crippen molar-refractivity contribution in [1.82, 2.24) is 16.0 Å². The molecule has 2 fully saturated rings. The van der Waals surface area contributed by atoms with Gasteiger partial charge in [-0.25, -0.2) is 0 Å². The number of nitrogens with one attached hydrogen (secondary N) is 3. The highest BCUT2D eigenvalue weighted by atomic mass is 16.2. The molecular formula is C8H13N3O2. The summed E-state index contributed by atoms with van der Waals surface area (Å²) in [6.07, 6.45) is 1.10. The van der Waals surface area contributed by atoms with Crippen LogP contribution < -0.4 is 16.0 Å². The highest BCUT2D eigenvalue weighted by molar-refractivity contribution is 5.90. The van der Waals surface area contributed by atoms with Gasteiger partial charge in [0.05, 0.1) is 6.04 Å². The molecule has 2 saturated heterocycles. The van der Waals surface area contributed by atoms with Crippen LogP contribution in [0.25, 0.3) is 0 Å². The van der Waals surface area contributed by atoms with E-state index >= 15 is 0 Å².